The summed E-state index contributed by atoms with van der Waals surface area (Å²) in [5, 5.41) is 7.57. The van der Waals surface area contributed by atoms with Crippen molar-refractivity contribution in [3.05, 3.63) is 65.2 Å². The van der Waals surface area contributed by atoms with Crippen LogP contribution in [0.3, 0.4) is 0 Å². The smallest absolute Gasteiger partial charge is 0.296 e. The summed E-state index contributed by atoms with van der Waals surface area (Å²) in [4.78, 5) is 26.1. The number of aromatic amines is 1. The normalized spacial score (nSPS) is 16.1. The van der Waals surface area contributed by atoms with Crippen molar-refractivity contribution < 1.29 is 23.1 Å². The van der Waals surface area contributed by atoms with Gasteiger partial charge in [-0.05, 0) is 55.4 Å². The van der Waals surface area contributed by atoms with E-state index in [1.807, 2.05) is 6.07 Å². The summed E-state index contributed by atoms with van der Waals surface area (Å²) in [6, 6.07) is 19.4. The summed E-state index contributed by atoms with van der Waals surface area (Å²) in [6.07, 6.45) is 8.09. The van der Waals surface area contributed by atoms with E-state index in [9.17, 15) is 8.42 Å². The monoisotopic (exact) mass is 683 g/mol. The van der Waals surface area contributed by atoms with Crippen molar-refractivity contribution in [1.82, 2.24) is 24.8 Å². The van der Waals surface area contributed by atoms with Crippen LogP contribution in [0.4, 0.5) is 0 Å². The third-order valence-corrected chi connectivity index (χ3v) is 9.54. The van der Waals surface area contributed by atoms with Crippen molar-refractivity contribution in [3.8, 4) is 28.4 Å². The van der Waals surface area contributed by atoms with E-state index in [-0.39, 0.29) is 11.9 Å². The second-order valence-corrected chi connectivity index (χ2v) is 14.5. The number of imidazole rings is 1. The Morgan fingerprint density at radius 2 is 1.47 bits per heavy atom. The number of fused-ring (bicyclic) bond motifs is 1. The first-order valence-electron chi connectivity index (χ1n) is 16.1. The molecule has 2 N–H and O–H groups in total. The van der Waals surface area contributed by atoms with Crippen LogP contribution in [0.25, 0.3) is 33.5 Å². The third kappa shape index (κ3) is 10.8. The molecular formula is C35H46ClN5O5S. The number of rotatable bonds is 9. The molecule has 0 atom stereocenters. The van der Waals surface area contributed by atoms with Crippen molar-refractivity contribution in [2.45, 2.75) is 51.7 Å². The molecule has 1 saturated heterocycles. The number of H-pyrrole nitrogens is 1. The molecule has 0 bridgehead atoms. The first-order chi connectivity index (χ1) is 22.7. The van der Waals surface area contributed by atoms with Crippen LogP contribution in [0.2, 0.25) is 5.02 Å². The second kappa shape index (κ2) is 17.7. The fraction of sp³-hybridized carbons (Fsp3) is 0.457. The molecule has 0 spiro atoms. The number of hydrogen-bond acceptors (Lipinski definition) is 9. The summed E-state index contributed by atoms with van der Waals surface area (Å²) in [5.41, 5.74) is 6.59. The maximum atomic E-state index is 11.4. The number of nitrogens with zero attached hydrogens (tertiary/aromatic N) is 4. The van der Waals surface area contributed by atoms with Crippen LogP contribution < -0.4 is 4.74 Å². The molecule has 254 valence electrons. The average molecular weight is 684 g/mol. The number of piperazine rings is 1. The quantitative estimate of drug-likeness (QED) is 0.216. The number of aromatic nitrogens is 3. The Hall–Kier alpha value is -3.35. The van der Waals surface area contributed by atoms with E-state index in [4.69, 9.17) is 31.2 Å². The van der Waals surface area contributed by atoms with Gasteiger partial charge in [-0.25, -0.2) is 13.4 Å². The molecule has 0 amide bonds. The minimum absolute atomic E-state index is 0.215. The van der Waals surface area contributed by atoms with E-state index in [0.717, 1.165) is 81.2 Å². The molecule has 1 saturated carbocycles. The van der Waals surface area contributed by atoms with Gasteiger partial charge < -0.3 is 19.6 Å². The molecule has 2 aromatic carbocycles. The number of ether oxygens (including phenoxy) is 1. The Morgan fingerprint density at radius 3 is 2.06 bits per heavy atom. The molecule has 4 aromatic rings. The van der Waals surface area contributed by atoms with E-state index in [2.05, 4.69) is 68.3 Å². The zero-order valence-corrected chi connectivity index (χ0v) is 29.1. The second-order valence-electron chi connectivity index (χ2n) is 11.9. The predicted molar refractivity (Wildman–Crippen MR) is 189 cm³/mol. The van der Waals surface area contributed by atoms with Gasteiger partial charge in [0.25, 0.3) is 6.01 Å². The van der Waals surface area contributed by atoms with Gasteiger partial charge in [-0.1, -0.05) is 66.6 Å². The summed E-state index contributed by atoms with van der Waals surface area (Å²) in [6.45, 7) is 6.66. The highest BCUT2D eigenvalue weighted by molar-refractivity contribution is 7.90. The fourth-order valence-corrected chi connectivity index (χ4v) is 6.69. The van der Waals surface area contributed by atoms with Gasteiger partial charge in [0.05, 0.1) is 22.0 Å². The van der Waals surface area contributed by atoms with Crippen LogP contribution in [0.5, 0.6) is 6.01 Å². The lowest BCUT2D eigenvalue weighted by molar-refractivity contribution is -0.106. The van der Waals surface area contributed by atoms with Gasteiger partial charge in [0, 0.05) is 58.2 Å². The molecule has 10 nitrogen and oxygen atoms in total. The number of aldehydes is 1. The summed E-state index contributed by atoms with van der Waals surface area (Å²) in [5.74, 6) is 0.231. The minimum atomic E-state index is -2.92. The lowest BCUT2D eigenvalue weighted by atomic mass is 9.98. The Balaban J connectivity index is 0.000000947. The number of carbonyl (C=O) groups is 1. The van der Waals surface area contributed by atoms with Gasteiger partial charge in [0.2, 0.25) is 0 Å². The summed E-state index contributed by atoms with van der Waals surface area (Å²) < 4.78 is 29.0. The van der Waals surface area contributed by atoms with Crippen LogP contribution in [0, 0.1) is 0 Å². The lowest BCUT2D eigenvalue weighted by Gasteiger charge is -2.34. The first-order valence-corrected chi connectivity index (χ1v) is 18.5. The molecule has 47 heavy (non-hydrogen) atoms. The molecule has 6 rings (SSSR count). The number of sulfone groups is 1. The van der Waals surface area contributed by atoms with Crippen molar-refractivity contribution >= 4 is 38.9 Å². The first kappa shape index (κ1) is 36.5. The average Bonchev–Trinajstić information content (AvgIpc) is 3.46. The van der Waals surface area contributed by atoms with Gasteiger partial charge in [0.1, 0.15) is 22.2 Å². The minimum Gasteiger partial charge on any atom is -0.461 e. The molecule has 1 aliphatic heterocycles. The highest BCUT2D eigenvalue weighted by Gasteiger charge is 2.19. The molecule has 2 aromatic heterocycles. The Bertz CT molecular complexity index is 1670. The Labute approximate surface area is 283 Å². The van der Waals surface area contributed by atoms with Crippen LogP contribution in [-0.2, 0) is 21.2 Å². The van der Waals surface area contributed by atoms with Crippen molar-refractivity contribution in [2.24, 2.45) is 0 Å². The van der Waals surface area contributed by atoms with Gasteiger partial charge in [0.15, 0.2) is 5.65 Å². The number of nitrogens with one attached hydrogen (secondary N) is 1. The number of benzene rings is 2. The Kier molecular flexibility index (Phi) is 13.7. The number of halogens is 1. The van der Waals surface area contributed by atoms with Crippen LogP contribution in [0.15, 0.2) is 54.6 Å². The van der Waals surface area contributed by atoms with E-state index < -0.39 is 9.84 Å². The highest BCUT2D eigenvalue weighted by Crippen LogP contribution is 2.32. The molecule has 12 heteroatoms. The summed E-state index contributed by atoms with van der Waals surface area (Å²) in [7, 11) is -1.92. The van der Waals surface area contributed by atoms with Gasteiger partial charge in [-0.2, -0.15) is 4.98 Å². The number of aliphatic hydroxyl groups excluding tert-OH is 1. The van der Waals surface area contributed by atoms with E-state index in [1.54, 1.807) is 0 Å². The maximum absolute atomic E-state index is 11.4. The van der Waals surface area contributed by atoms with Crippen LogP contribution >= 0.6 is 11.6 Å². The standard InChI is InChI=1S/C32H38ClN5O3S.C2H4O.CH4O/c1-42(39,40)20-19-37-15-17-38(18-16-37)22-23-7-9-24(10-8-23)25-11-13-26(14-12-25)30-28(33)21-29-31(35-30)36-32(34-29)41-27-5-3-2-4-6-27;1-2-3;1-2/h7-14,21,27H,2-6,15-20,22H2,1H3,(H,34,35,36);2H,1H3;2H,1H3. The topological polar surface area (TPSA) is 129 Å². The van der Waals surface area contributed by atoms with Crippen molar-refractivity contribution in [1.29, 1.82) is 0 Å². The molecule has 0 unspecified atom stereocenters. The maximum Gasteiger partial charge on any atom is 0.296 e. The highest BCUT2D eigenvalue weighted by atomic mass is 35.5. The third-order valence-electron chi connectivity index (χ3n) is 8.33. The van der Waals surface area contributed by atoms with E-state index in [0.29, 0.717) is 28.9 Å². The van der Waals surface area contributed by atoms with Crippen LogP contribution in [0.1, 0.15) is 44.6 Å². The number of carbonyl (C=O) groups excluding carboxylic acids is 1. The molecule has 3 heterocycles. The SMILES string of the molecule is CC=O.CO.CS(=O)(=O)CCN1CCN(Cc2ccc(-c3ccc(-c4nc5nc(OC6CCCCC6)[nH]c5cc4Cl)cc3)cc2)CC1. The number of aliphatic hydroxyl groups is 1. The van der Waals surface area contributed by atoms with Gasteiger partial charge >= 0.3 is 0 Å². The summed E-state index contributed by atoms with van der Waals surface area (Å²) >= 11 is 6.65. The number of pyridine rings is 1. The zero-order valence-electron chi connectivity index (χ0n) is 27.5. The van der Waals surface area contributed by atoms with Crippen molar-refractivity contribution in [3.63, 3.8) is 0 Å². The van der Waals surface area contributed by atoms with Crippen LogP contribution in [-0.4, -0.2) is 103 Å². The van der Waals surface area contributed by atoms with E-state index >= 15 is 0 Å². The largest absolute Gasteiger partial charge is 0.461 e. The Morgan fingerprint density at radius 1 is 0.915 bits per heavy atom. The molecule has 2 fully saturated rings. The number of hydrogen-bond donors (Lipinski definition) is 2. The fourth-order valence-electron chi connectivity index (χ4n) is 5.84. The zero-order chi connectivity index (χ0) is 33.8. The van der Waals surface area contributed by atoms with Gasteiger partial charge in [-0.3, -0.25) is 9.80 Å². The van der Waals surface area contributed by atoms with Crippen molar-refractivity contribution in [2.75, 3.05) is 51.8 Å². The van der Waals surface area contributed by atoms with Gasteiger partial charge in [-0.15, -0.1) is 0 Å². The molecule has 1 aliphatic carbocycles. The molecule has 2 aliphatic rings. The molecule has 0 radical (unpaired) electrons. The molecular weight excluding hydrogens is 638 g/mol. The van der Waals surface area contributed by atoms with E-state index in [1.165, 1.54) is 38.0 Å². The predicted octanol–water partition coefficient (Wildman–Crippen LogP) is 5.63. The lowest BCUT2D eigenvalue weighted by Crippen LogP contribution is -2.47.